The predicted molar refractivity (Wildman–Crippen MR) is 94.7 cm³/mol. The van der Waals surface area contributed by atoms with E-state index in [1.165, 1.54) is 25.1 Å². The number of Topliss-reactive ketones (excluding diaryl/α,β-unsaturated/α-hetero) is 1. The molecule has 0 unspecified atom stereocenters. The van der Waals surface area contributed by atoms with Crippen LogP contribution in [-0.4, -0.2) is 37.2 Å². The number of alkyl halides is 3. The molecule has 10 heteroatoms. The van der Waals surface area contributed by atoms with Crippen LogP contribution in [0.25, 0.3) is 0 Å². The highest BCUT2D eigenvalue weighted by Crippen LogP contribution is 2.23. The number of halogens is 3. The Kier molecular flexibility index (Phi) is 7.18. The van der Waals surface area contributed by atoms with E-state index in [1.54, 1.807) is 18.2 Å². The molecule has 0 saturated carbocycles. The molecule has 1 N–H and O–H groups in total. The number of nitrogens with one attached hydrogen (secondary N) is 1. The number of anilines is 1. The average molecular weight is 411 g/mol. The van der Waals surface area contributed by atoms with Crippen LogP contribution in [0.2, 0.25) is 0 Å². The highest BCUT2D eigenvalue weighted by molar-refractivity contribution is 5.94. The first-order valence-corrected chi connectivity index (χ1v) is 8.17. The van der Waals surface area contributed by atoms with E-state index in [9.17, 15) is 27.6 Å². The third-order valence-corrected chi connectivity index (χ3v) is 3.33. The standard InChI is InChI=1S/C19H16F3NO6/c1-12(24)13-3-2-4-16(9-13)27-11-18(26)28-10-17(25)23-14-5-7-15(8-6-14)29-19(20,21)22/h2-9H,10-11H2,1H3,(H,23,25). The van der Waals surface area contributed by atoms with Gasteiger partial charge in [0.1, 0.15) is 11.5 Å². The third kappa shape index (κ3) is 7.91. The SMILES string of the molecule is CC(=O)c1cccc(OCC(=O)OCC(=O)Nc2ccc(OC(F)(F)F)cc2)c1. The van der Waals surface area contributed by atoms with Gasteiger partial charge < -0.3 is 19.5 Å². The second-order valence-corrected chi connectivity index (χ2v) is 5.65. The molecular weight excluding hydrogens is 395 g/mol. The number of ether oxygens (including phenoxy) is 3. The van der Waals surface area contributed by atoms with Gasteiger partial charge in [0, 0.05) is 11.3 Å². The van der Waals surface area contributed by atoms with E-state index in [1.807, 2.05) is 0 Å². The van der Waals surface area contributed by atoms with Crippen LogP contribution in [0.4, 0.5) is 18.9 Å². The molecule has 0 radical (unpaired) electrons. The molecule has 0 saturated heterocycles. The van der Waals surface area contributed by atoms with Gasteiger partial charge in [-0.15, -0.1) is 13.2 Å². The summed E-state index contributed by atoms with van der Waals surface area (Å²) in [7, 11) is 0. The first-order chi connectivity index (χ1) is 13.6. The van der Waals surface area contributed by atoms with Crippen LogP contribution in [0.5, 0.6) is 11.5 Å². The Morgan fingerprint density at radius 3 is 2.28 bits per heavy atom. The molecule has 0 aliphatic rings. The predicted octanol–water partition coefficient (Wildman–Crippen LogP) is 3.35. The Morgan fingerprint density at radius 1 is 0.966 bits per heavy atom. The summed E-state index contributed by atoms with van der Waals surface area (Å²) < 4.78 is 49.9. The molecule has 29 heavy (non-hydrogen) atoms. The number of hydrogen-bond donors (Lipinski definition) is 1. The lowest BCUT2D eigenvalue weighted by Crippen LogP contribution is -2.23. The number of ketones is 1. The monoisotopic (exact) mass is 411 g/mol. The number of esters is 1. The van der Waals surface area contributed by atoms with Gasteiger partial charge >= 0.3 is 12.3 Å². The minimum Gasteiger partial charge on any atom is -0.482 e. The van der Waals surface area contributed by atoms with Crippen molar-refractivity contribution < 1.29 is 41.8 Å². The number of carbonyl (C=O) groups is 3. The number of carbonyl (C=O) groups excluding carboxylic acids is 3. The summed E-state index contributed by atoms with van der Waals surface area (Å²) in [4.78, 5) is 34.7. The first-order valence-electron chi connectivity index (χ1n) is 8.17. The summed E-state index contributed by atoms with van der Waals surface area (Å²) in [6, 6.07) is 10.7. The van der Waals surface area contributed by atoms with Gasteiger partial charge in [0.15, 0.2) is 19.0 Å². The zero-order chi connectivity index (χ0) is 21.4. The normalized spacial score (nSPS) is 10.8. The summed E-state index contributed by atoms with van der Waals surface area (Å²) in [6.07, 6.45) is -4.81. The van der Waals surface area contributed by atoms with Crippen molar-refractivity contribution in [2.24, 2.45) is 0 Å². The molecule has 0 bridgehead atoms. The van der Waals surface area contributed by atoms with Gasteiger partial charge in [-0.05, 0) is 43.3 Å². The van der Waals surface area contributed by atoms with E-state index in [-0.39, 0.29) is 11.5 Å². The van der Waals surface area contributed by atoms with Crippen molar-refractivity contribution in [1.82, 2.24) is 0 Å². The molecule has 2 aromatic carbocycles. The number of benzene rings is 2. The fraction of sp³-hybridized carbons (Fsp3) is 0.211. The van der Waals surface area contributed by atoms with E-state index in [0.29, 0.717) is 11.3 Å². The van der Waals surface area contributed by atoms with Crippen molar-refractivity contribution in [1.29, 1.82) is 0 Å². The topological polar surface area (TPSA) is 90.9 Å². The summed E-state index contributed by atoms with van der Waals surface area (Å²) in [5.74, 6) is -1.82. The van der Waals surface area contributed by atoms with Gasteiger partial charge in [-0.1, -0.05) is 12.1 Å². The first kappa shape index (κ1) is 21.7. The zero-order valence-electron chi connectivity index (χ0n) is 15.1. The van der Waals surface area contributed by atoms with Gasteiger partial charge in [0.25, 0.3) is 5.91 Å². The van der Waals surface area contributed by atoms with E-state index in [4.69, 9.17) is 9.47 Å². The molecule has 0 heterocycles. The molecule has 2 rings (SSSR count). The molecular formula is C19H16F3NO6. The Bertz CT molecular complexity index is 880. The summed E-state index contributed by atoms with van der Waals surface area (Å²) >= 11 is 0. The lowest BCUT2D eigenvalue weighted by Gasteiger charge is -2.10. The molecule has 1 amide bonds. The van der Waals surface area contributed by atoms with Crippen LogP contribution in [0, 0.1) is 0 Å². The Balaban J connectivity index is 1.75. The molecule has 2 aromatic rings. The molecule has 0 aliphatic carbocycles. The third-order valence-electron chi connectivity index (χ3n) is 3.33. The molecule has 0 aliphatic heterocycles. The summed E-state index contributed by atoms with van der Waals surface area (Å²) in [6.45, 7) is 0.303. The maximum atomic E-state index is 12.1. The number of hydrogen-bond acceptors (Lipinski definition) is 6. The number of rotatable bonds is 8. The average Bonchev–Trinajstić information content (AvgIpc) is 2.65. The van der Waals surface area contributed by atoms with Crippen LogP contribution < -0.4 is 14.8 Å². The zero-order valence-corrected chi connectivity index (χ0v) is 15.1. The van der Waals surface area contributed by atoms with Crippen molar-refractivity contribution in [2.45, 2.75) is 13.3 Å². The molecule has 0 fully saturated rings. The fourth-order valence-corrected chi connectivity index (χ4v) is 2.07. The van der Waals surface area contributed by atoms with Gasteiger partial charge in [-0.25, -0.2) is 4.79 Å². The quantitative estimate of drug-likeness (QED) is 0.529. The van der Waals surface area contributed by atoms with Crippen LogP contribution in [0.15, 0.2) is 48.5 Å². The van der Waals surface area contributed by atoms with Gasteiger partial charge in [-0.3, -0.25) is 9.59 Å². The van der Waals surface area contributed by atoms with Gasteiger partial charge in [0.2, 0.25) is 0 Å². The Labute approximate surface area is 163 Å². The smallest absolute Gasteiger partial charge is 0.482 e. The molecule has 154 valence electrons. The maximum Gasteiger partial charge on any atom is 0.573 e. The highest BCUT2D eigenvalue weighted by atomic mass is 19.4. The Morgan fingerprint density at radius 2 is 1.66 bits per heavy atom. The van der Waals surface area contributed by atoms with Crippen molar-refractivity contribution >= 4 is 23.3 Å². The minimum atomic E-state index is -4.81. The number of amides is 1. The van der Waals surface area contributed by atoms with Crippen LogP contribution in [0.1, 0.15) is 17.3 Å². The molecule has 0 aromatic heterocycles. The molecule has 7 nitrogen and oxygen atoms in total. The van der Waals surface area contributed by atoms with E-state index < -0.39 is 37.2 Å². The van der Waals surface area contributed by atoms with Gasteiger partial charge in [0.05, 0.1) is 0 Å². The Hall–Kier alpha value is -3.56. The fourth-order valence-electron chi connectivity index (χ4n) is 2.07. The highest BCUT2D eigenvalue weighted by Gasteiger charge is 2.30. The molecule has 0 atom stereocenters. The van der Waals surface area contributed by atoms with Crippen LogP contribution >= 0.6 is 0 Å². The van der Waals surface area contributed by atoms with Crippen molar-refractivity contribution in [3.63, 3.8) is 0 Å². The maximum absolute atomic E-state index is 12.1. The summed E-state index contributed by atoms with van der Waals surface area (Å²) in [5.41, 5.74) is 0.611. The van der Waals surface area contributed by atoms with Gasteiger partial charge in [-0.2, -0.15) is 0 Å². The summed E-state index contributed by atoms with van der Waals surface area (Å²) in [5, 5.41) is 2.35. The van der Waals surface area contributed by atoms with E-state index >= 15 is 0 Å². The second kappa shape index (κ2) is 9.58. The lowest BCUT2D eigenvalue weighted by molar-refractivity contribution is -0.274. The van der Waals surface area contributed by atoms with Crippen LogP contribution in [0.3, 0.4) is 0 Å². The van der Waals surface area contributed by atoms with E-state index in [0.717, 1.165) is 12.1 Å². The second-order valence-electron chi connectivity index (χ2n) is 5.65. The molecule has 0 spiro atoms. The van der Waals surface area contributed by atoms with E-state index in [2.05, 4.69) is 10.1 Å². The lowest BCUT2D eigenvalue weighted by atomic mass is 10.1. The largest absolute Gasteiger partial charge is 0.573 e. The van der Waals surface area contributed by atoms with Crippen LogP contribution in [-0.2, 0) is 14.3 Å². The van der Waals surface area contributed by atoms with Crippen molar-refractivity contribution in [3.8, 4) is 11.5 Å². The van der Waals surface area contributed by atoms with Crippen molar-refractivity contribution in [3.05, 3.63) is 54.1 Å². The minimum absolute atomic E-state index is 0.160. The van der Waals surface area contributed by atoms with Crippen molar-refractivity contribution in [2.75, 3.05) is 18.5 Å².